The zero-order chi connectivity index (χ0) is 17.1. The van der Waals surface area contributed by atoms with Crippen LogP contribution in [0.4, 0.5) is 10.1 Å². The van der Waals surface area contributed by atoms with Gasteiger partial charge in [-0.15, -0.1) is 0 Å². The molecule has 0 N–H and O–H groups in total. The van der Waals surface area contributed by atoms with Gasteiger partial charge in [-0.3, -0.25) is 9.69 Å². The Balaban J connectivity index is 1.91. The predicted molar refractivity (Wildman–Crippen MR) is 94.8 cm³/mol. The van der Waals surface area contributed by atoms with E-state index in [-0.39, 0.29) is 11.7 Å². The van der Waals surface area contributed by atoms with Crippen molar-refractivity contribution in [1.29, 1.82) is 0 Å². The van der Waals surface area contributed by atoms with Gasteiger partial charge in [0.1, 0.15) is 11.6 Å². The number of methoxy groups -OCH3 is 1. The van der Waals surface area contributed by atoms with Crippen molar-refractivity contribution in [3.63, 3.8) is 0 Å². The summed E-state index contributed by atoms with van der Waals surface area (Å²) in [6.45, 7) is 0. The molecule has 4 nitrogen and oxygen atoms in total. The molecule has 0 atom stereocenters. The van der Waals surface area contributed by atoms with Gasteiger partial charge in [0.2, 0.25) is 0 Å². The molecule has 0 spiro atoms. The van der Waals surface area contributed by atoms with Crippen molar-refractivity contribution < 1.29 is 13.9 Å². The lowest BCUT2D eigenvalue weighted by Crippen LogP contribution is -2.23. The molecule has 0 unspecified atom stereocenters. The van der Waals surface area contributed by atoms with Crippen LogP contribution >= 0.6 is 11.8 Å². The van der Waals surface area contributed by atoms with Gasteiger partial charge < -0.3 is 4.74 Å². The summed E-state index contributed by atoms with van der Waals surface area (Å²) < 4.78 is 18.3. The van der Waals surface area contributed by atoms with Crippen LogP contribution in [-0.2, 0) is 4.79 Å². The molecule has 0 aliphatic carbocycles. The number of nitrogens with zero attached hydrogens (tertiary/aromatic N) is 2. The highest BCUT2D eigenvalue weighted by atomic mass is 32.2. The summed E-state index contributed by atoms with van der Waals surface area (Å²) in [7, 11) is 3.26. The maximum Gasteiger partial charge on any atom is 0.266 e. The van der Waals surface area contributed by atoms with Crippen molar-refractivity contribution in [2.45, 2.75) is 0 Å². The number of hydrogen-bond donors (Lipinski definition) is 0. The molecule has 24 heavy (non-hydrogen) atoms. The predicted octanol–water partition coefficient (Wildman–Crippen LogP) is 4.07. The molecule has 122 valence electrons. The molecular weight excluding hydrogens is 327 g/mol. The number of aliphatic imine (C=N–C) groups is 1. The van der Waals surface area contributed by atoms with Gasteiger partial charge in [0, 0.05) is 12.6 Å². The van der Waals surface area contributed by atoms with E-state index in [2.05, 4.69) is 4.99 Å². The molecule has 0 radical (unpaired) electrons. The Kier molecular flexibility index (Phi) is 4.66. The summed E-state index contributed by atoms with van der Waals surface area (Å²) in [6, 6.07) is 13.3. The van der Waals surface area contributed by atoms with Crippen LogP contribution in [0.3, 0.4) is 0 Å². The Morgan fingerprint density at radius 3 is 2.58 bits per heavy atom. The largest absolute Gasteiger partial charge is 0.496 e. The number of thioether (sulfide) groups is 1. The van der Waals surface area contributed by atoms with Crippen LogP contribution in [0.2, 0.25) is 0 Å². The number of amidine groups is 1. The third-order valence-corrected chi connectivity index (χ3v) is 4.54. The molecule has 2 aromatic rings. The van der Waals surface area contributed by atoms with Gasteiger partial charge in [0.05, 0.1) is 17.7 Å². The van der Waals surface area contributed by atoms with Crippen molar-refractivity contribution in [2.24, 2.45) is 4.99 Å². The molecule has 1 heterocycles. The lowest BCUT2D eigenvalue weighted by atomic mass is 10.2. The summed E-state index contributed by atoms with van der Waals surface area (Å²) >= 11 is 1.28. The second kappa shape index (κ2) is 6.88. The number of carbonyl (C=O) groups is 1. The summed E-state index contributed by atoms with van der Waals surface area (Å²) in [4.78, 5) is 18.9. The topological polar surface area (TPSA) is 41.9 Å². The highest BCUT2D eigenvalue weighted by molar-refractivity contribution is 8.18. The zero-order valence-electron chi connectivity index (χ0n) is 13.2. The van der Waals surface area contributed by atoms with E-state index in [1.807, 2.05) is 24.3 Å². The molecule has 0 bridgehead atoms. The van der Waals surface area contributed by atoms with Crippen LogP contribution in [-0.4, -0.2) is 30.1 Å². The number of hydrogen-bond acceptors (Lipinski definition) is 4. The van der Waals surface area contributed by atoms with E-state index >= 15 is 0 Å². The van der Waals surface area contributed by atoms with Crippen molar-refractivity contribution >= 4 is 34.6 Å². The third kappa shape index (κ3) is 3.33. The van der Waals surface area contributed by atoms with E-state index < -0.39 is 0 Å². The minimum atomic E-state index is -0.320. The van der Waals surface area contributed by atoms with E-state index in [1.54, 1.807) is 32.4 Å². The first kappa shape index (κ1) is 16.3. The number of halogens is 1. The SMILES string of the molecule is COc1ccccc1/C=C1/SC(=Nc2ccc(F)cc2)N(C)C1=O. The van der Waals surface area contributed by atoms with E-state index in [0.29, 0.717) is 21.5 Å². The minimum absolute atomic E-state index is 0.133. The molecule has 3 rings (SSSR count). The Bertz CT molecular complexity index is 831. The smallest absolute Gasteiger partial charge is 0.266 e. The number of rotatable bonds is 3. The Labute approximate surface area is 143 Å². The van der Waals surface area contributed by atoms with Gasteiger partial charge in [-0.05, 0) is 48.2 Å². The quantitative estimate of drug-likeness (QED) is 0.790. The summed E-state index contributed by atoms with van der Waals surface area (Å²) in [6.07, 6.45) is 1.79. The lowest BCUT2D eigenvalue weighted by Gasteiger charge is -2.07. The average Bonchev–Trinajstić information content (AvgIpc) is 2.85. The van der Waals surface area contributed by atoms with Gasteiger partial charge >= 0.3 is 0 Å². The second-order valence-corrected chi connectivity index (χ2v) is 6.10. The van der Waals surface area contributed by atoms with Crippen LogP contribution < -0.4 is 4.74 Å². The fourth-order valence-electron chi connectivity index (χ4n) is 2.20. The molecule has 1 aliphatic rings. The maximum absolute atomic E-state index is 13.0. The first-order valence-corrected chi connectivity index (χ1v) is 8.05. The molecule has 1 amide bonds. The Morgan fingerprint density at radius 1 is 1.17 bits per heavy atom. The van der Waals surface area contributed by atoms with Gasteiger partial charge in [0.15, 0.2) is 5.17 Å². The second-order valence-electron chi connectivity index (χ2n) is 5.09. The van der Waals surface area contributed by atoms with E-state index in [4.69, 9.17) is 4.74 Å². The monoisotopic (exact) mass is 342 g/mol. The molecule has 1 fully saturated rings. The molecule has 6 heteroatoms. The average molecular weight is 342 g/mol. The maximum atomic E-state index is 13.0. The fourth-order valence-corrected chi connectivity index (χ4v) is 3.18. The van der Waals surface area contributed by atoms with Gasteiger partial charge in [-0.1, -0.05) is 18.2 Å². The first-order chi connectivity index (χ1) is 11.6. The van der Waals surface area contributed by atoms with Crippen LogP contribution in [0.25, 0.3) is 6.08 Å². The van der Waals surface area contributed by atoms with Crippen molar-refractivity contribution in [2.75, 3.05) is 14.2 Å². The molecule has 1 saturated heterocycles. The third-order valence-electron chi connectivity index (χ3n) is 3.48. The number of para-hydroxylation sites is 1. The molecule has 1 aliphatic heterocycles. The van der Waals surface area contributed by atoms with E-state index in [0.717, 1.165) is 5.56 Å². The number of benzene rings is 2. The zero-order valence-corrected chi connectivity index (χ0v) is 14.0. The van der Waals surface area contributed by atoms with Crippen LogP contribution in [0, 0.1) is 5.82 Å². The number of ether oxygens (including phenoxy) is 1. The van der Waals surface area contributed by atoms with Gasteiger partial charge in [-0.25, -0.2) is 9.38 Å². The van der Waals surface area contributed by atoms with Crippen molar-refractivity contribution in [3.8, 4) is 5.75 Å². The van der Waals surface area contributed by atoms with Crippen LogP contribution in [0.1, 0.15) is 5.56 Å². The van der Waals surface area contributed by atoms with Crippen molar-refractivity contribution in [1.82, 2.24) is 4.90 Å². The first-order valence-electron chi connectivity index (χ1n) is 7.23. The summed E-state index contributed by atoms with van der Waals surface area (Å²) in [5, 5.41) is 0.549. The number of amides is 1. The standard InChI is InChI=1S/C18H15FN2O2S/c1-21-17(22)16(11-12-5-3-4-6-15(12)23-2)24-18(21)20-14-9-7-13(19)8-10-14/h3-11H,1-2H3/b16-11+,20-18?. The number of likely N-dealkylation sites (N-methyl/N-ethyl adjacent to an activating group) is 1. The lowest BCUT2D eigenvalue weighted by molar-refractivity contribution is -0.121. The normalized spacial score (nSPS) is 17.8. The fraction of sp³-hybridized carbons (Fsp3) is 0.111. The van der Waals surface area contributed by atoms with E-state index in [1.165, 1.54) is 28.8 Å². The number of carbonyl (C=O) groups excluding carboxylic acids is 1. The van der Waals surface area contributed by atoms with Crippen LogP contribution in [0.15, 0.2) is 58.4 Å². The Morgan fingerprint density at radius 2 is 1.88 bits per heavy atom. The highest BCUT2D eigenvalue weighted by Gasteiger charge is 2.30. The van der Waals surface area contributed by atoms with Gasteiger partial charge in [0.25, 0.3) is 5.91 Å². The van der Waals surface area contributed by atoms with Crippen molar-refractivity contribution in [3.05, 3.63) is 64.8 Å². The molecule has 2 aromatic carbocycles. The van der Waals surface area contributed by atoms with E-state index in [9.17, 15) is 9.18 Å². The molecular formula is C18H15FN2O2S. The summed E-state index contributed by atoms with van der Waals surface area (Å²) in [5.41, 5.74) is 1.42. The molecule has 0 saturated carbocycles. The van der Waals surface area contributed by atoms with Gasteiger partial charge in [-0.2, -0.15) is 0 Å². The minimum Gasteiger partial charge on any atom is -0.496 e. The highest BCUT2D eigenvalue weighted by Crippen LogP contribution is 2.34. The van der Waals surface area contributed by atoms with Crippen LogP contribution in [0.5, 0.6) is 5.75 Å². The molecule has 0 aromatic heterocycles. The summed E-state index contributed by atoms with van der Waals surface area (Å²) in [5.74, 6) is 0.246. The Hall–Kier alpha value is -2.60.